The number of amides is 1. The first-order valence-corrected chi connectivity index (χ1v) is 6.81. The molecular weight excluding hydrogens is 276 g/mol. The lowest BCUT2D eigenvalue weighted by atomic mass is 9.95. The van der Waals surface area contributed by atoms with Crippen LogP contribution in [0.15, 0.2) is 18.2 Å². The van der Waals surface area contributed by atoms with E-state index in [0.717, 1.165) is 36.3 Å². The van der Waals surface area contributed by atoms with Crippen molar-refractivity contribution < 1.29 is 9.53 Å². The quantitative estimate of drug-likeness (QED) is 0.898. The second kappa shape index (κ2) is 7.50. The lowest BCUT2D eigenvalue weighted by molar-refractivity contribution is -0.120. The highest BCUT2D eigenvalue weighted by molar-refractivity contribution is 5.93. The Kier molecular flexibility index (Phi) is 6.30. The third-order valence-electron chi connectivity index (χ3n) is 3.99. The summed E-state index contributed by atoms with van der Waals surface area (Å²) < 4.78 is 5.16. The molecular formula is C15H23ClN2O2. The van der Waals surface area contributed by atoms with Gasteiger partial charge in [0.1, 0.15) is 5.75 Å². The number of benzene rings is 1. The minimum Gasteiger partial charge on any atom is -0.497 e. The van der Waals surface area contributed by atoms with Crippen LogP contribution >= 0.6 is 12.4 Å². The van der Waals surface area contributed by atoms with Gasteiger partial charge in [-0.15, -0.1) is 12.4 Å². The fourth-order valence-corrected chi connectivity index (χ4v) is 2.79. The van der Waals surface area contributed by atoms with Gasteiger partial charge in [0, 0.05) is 11.6 Å². The molecule has 20 heavy (non-hydrogen) atoms. The lowest BCUT2D eigenvalue weighted by Crippen LogP contribution is -2.29. The minimum absolute atomic E-state index is 0. The predicted octanol–water partition coefficient (Wildman–Crippen LogP) is 2.74. The first-order chi connectivity index (χ1) is 9.15. The van der Waals surface area contributed by atoms with Gasteiger partial charge in [0.2, 0.25) is 5.91 Å². The van der Waals surface area contributed by atoms with Gasteiger partial charge in [0.05, 0.1) is 7.11 Å². The molecule has 1 fully saturated rings. The number of rotatable bonds is 4. The number of aryl methyl sites for hydroxylation is 1. The molecule has 0 aliphatic heterocycles. The van der Waals surface area contributed by atoms with Gasteiger partial charge in [-0.2, -0.15) is 0 Å². The summed E-state index contributed by atoms with van der Waals surface area (Å²) in [5, 5.41) is 3.02. The van der Waals surface area contributed by atoms with Crippen LogP contribution in [-0.4, -0.2) is 19.6 Å². The Morgan fingerprint density at radius 2 is 2.20 bits per heavy atom. The summed E-state index contributed by atoms with van der Waals surface area (Å²) in [7, 11) is 1.64. The average molecular weight is 299 g/mol. The summed E-state index contributed by atoms with van der Waals surface area (Å²) in [6, 6.07) is 5.67. The van der Waals surface area contributed by atoms with Crippen molar-refractivity contribution >= 4 is 24.0 Å². The zero-order chi connectivity index (χ0) is 13.8. The summed E-state index contributed by atoms with van der Waals surface area (Å²) in [6.07, 6.45) is 3.11. The summed E-state index contributed by atoms with van der Waals surface area (Å²) in [4.78, 5) is 12.3. The van der Waals surface area contributed by atoms with Gasteiger partial charge < -0.3 is 15.8 Å². The molecule has 1 amide bonds. The fraction of sp³-hybridized carbons (Fsp3) is 0.533. The first-order valence-electron chi connectivity index (χ1n) is 6.81. The maximum absolute atomic E-state index is 12.3. The van der Waals surface area contributed by atoms with E-state index >= 15 is 0 Å². The van der Waals surface area contributed by atoms with Crippen LogP contribution in [-0.2, 0) is 4.79 Å². The summed E-state index contributed by atoms with van der Waals surface area (Å²) in [5.74, 6) is 1.29. The van der Waals surface area contributed by atoms with Gasteiger partial charge in [0.15, 0.2) is 0 Å². The molecule has 1 aromatic carbocycles. The molecule has 1 aliphatic carbocycles. The lowest BCUT2D eigenvalue weighted by Gasteiger charge is -2.18. The van der Waals surface area contributed by atoms with Crippen LogP contribution in [0.25, 0.3) is 0 Å². The number of hydrogen-bond acceptors (Lipinski definition) is 3. The number of ether oxygens (including phenoxy) is 1. The SMILES string of the molecule is COc1ccc(NC(=O)[C@@H]2CCC[C@@H]2CN)c(C)c1.Cl. The molecule has 0 spiro atoms. The molecule has 0 heterocycles. The van der Waals surface area contributed by atoms with E-state index in [4.69, 9.17) is 10.5 Å². The Bertz CT molecular complexity index is 465. The highest BCUT2D eigenvalue weighted by Gasteiger charge is 2.31. The molecule has 0 bridgehead atoms. The minimum atomic E-state index is 0. The van der Waals surface area contributed by atoms with Gasteiger partial charge in [-0.3, -0.25) is 4.79 Å². The number of carbonyl (C=O) groups is 1. The molecule has 5 heteroatoms. The van der Waals surface area contributed by atoms with Crippen molar-refractivity contribution in [1.82, 2.24) is 0 Å². The van der Waals surface area contributed by atoms with E-state index < -0.39 is 0 Å². The summed E-state index contributed by atoms with van der Waals surface area (Å²) in [6.45, 7) is 2.56. The van der Waals surface area contributed by atoms with Crippen molar-refractivity contribution in [3.05, 3.63) is 23.8 Å². The largest absolute Gasteiger partial charge is 0.497 e. The number of anilines is 1. The zero-order valence-electron chi connectivity index (χ0n) is 12.0. The number of carbonyl (C=O) groups excluding carboxylic acids is 1. The van der Waals surface area contributed by atoms with Crippen LogP contribution in [0.4, 0.5) is 5.69 Å². The Morgan fingerprint density at radius 3 is 2.80 bits per heavy atom. The van der Waals surface area contributed by atoms with Gasteiger partial charge in [-0.25, -0.2) is 0 Å². The highest BCUT2D eigenvalue weighted by atomic mass is 35.5. The molecule has 1 saturated carbocycles. The molecule has 0 saturated heterocycles. The van der Waals surface area contributed by atoms with E-state index in [0.29, 0.717) is 12.5 Å². The normalized spacial score (nSPS) is 21.1. The van der Waals surface area contributed by atoms with Crippen LogP contribution in [0.1, 0.15) is 24.8 Å². The molecule has 3 N–H and O–H groups in total. The molecule has 0 radical (unpaired) electrons. The van der Waals surface area contributed by atoms with E-state index in [1.807, 2.05) is 25.1 Å². The van der Waals surface area contributed by atoms with E-state index in [9.17, 15) is 4.79 Å². The molecule has 112 valence electrons. The average Bonchev–Trinajstić information content (AvgIpc) is 2.89. The van der Waals surface area contributed by atoms with Crippen LogP contribution < -0.4 is 15.8 Å². The molecule has 0 unspecified atom stereocenters. The maximum Gasteiger partial charge on any atom is 0.227 e. The summed E-state index contributed by atoms with van der Waals surface area (Å²) in [5.41, 5.74) is 7.59. The topological polar surface area (TPSA) is 64.3 Å². The predicted molar refractivity (Wildman–Crippen MR) is 83.5 cm³/mol. The standard InChI is InChI=1S/C15H22N2O2.ClH/c1-10-8-12(19-2)6-7-14(10)17-15(18)13-5-3-4-11(13)9-16;/h6-8,11,13H,3-5,9,16H2,1-2H3,(H,17,18);1H/t11-,13-;/m1./s1. The Labute approximate surface area is 126 Å². The van der Waals surface area contributed by atoms with Gasteiger partial charge in [-0.1, -0.05) is 6.42 Å². The molecule has 2 atom stereocenters. The Morgan fingerprint density at radius 1 is 1.45 bits per heavy atom. The van der Waals surface area contributed by atoms with Crippen LogP contribution in [0, 0.1) is 18.8 Å². The smallest absolute Gasteiger partial charge is 0.227 e. The third-order valence-corrected chi connectivity index (χ3v) is 3.99. The van der Waals surface area contributed by atoms with E-state index in [1.54, 1.807) is 7.11 Å². The van der Waals surface area contributed by atoms with Crippen molar-refractivity contribution in [2.45, 2.75) is 26.2 Å². The maximum atomic E-state index is 12.3. The van der Waals surface area contributed by atoms with Crippen molar-refractivity contribution in [1.29, 1.82) is 0 Å². The van der Waals surface area contributed by atoms with E-state index in [-0.39, 0.29) is 24.2 Å². The number of halogens is 1. The number of nitrogens with one attached hydrogen (secondary N) is 1. The molecule has 1 aromatic rings. The number of methoxy groups -OCH3 is 1. The van der Waals surface area contributed by atoms with Crippen molar-refractivity contribution in [2.75, 3.05) is 19.0 Å². The Balaban J connectivity index is 0.00000200. The van der Waals surface area contributed by atoms with Gasteiger partial charge in [-0.05, 0) is 56.0 Å². The van der Waals surface area contributed by atoms with Crippen LogP contribution in [0.2, 0.25) is 0 Å². The Hall–Kier alpha value is -1.26. The second-order valence-corrected chi connectivity index (χ2v) is 5.20. The highest BCUT2D eigenvalue weighted by Crippen LogP contribution is 2.32. The molecule has 4 nitrogen and oxygen atoms in total. The van der Waals surface area contributed by atoms with E-state index in [1.165, 1.54) is 0 Å². The van der Waals surface area contributed by atoms with Crippen LogP contribution in [0.5, 0.6) is 5.75 Å². The fourth-order valence-electron chi connectivity index (χ4n) is 2.79. The monoisotopic (exact) mass is 298 g/mol. The molecule has 0 aromatic heterocycles. The second-order valence-electron chi connectivity index (χ2n) is 5.20. The van der Waals surface area contributed by atoms with Crippen molar-refractivity contribution in [3.8, 4) is 5.75 Å². The van der Waals surface area contributed by atoms with Crippen LogP contribution in [0.3, 0.4) is 0 Å². The molecule has 1 aliphatic rings. The van der Waals surface area contributed by atoms with Gasteiger partial charge >= 0.3 is 0 Å². The van der Waals surface area contributed by atoms with E-state index in [2.05, 4.69) is 5.32 Å². The summed E-state index contributed by atoms with van der Waals surface area (Å²) >= 11 is 0. The van der Waals surface area contributed by atoms with Crippen molar-refractivity contribution in [3.63, 3.8) is 0 Å². The number of nitrogens with two attached hydrogens (primary N) is 1. The number of hydrogen-bond donors (Lipinski definition) is 2. The van der Waals surface area contributed by atoms with Gasteiger partial charge in [0.25, 0.3) is 0 Å². The third kappa shape index (κ3) is 3.64. The van der Waals surface area contributed by atoms with Crippen molar-refractivity contribution in [2.24, 2.45) is 17.6 Å². The first kappa shape index (κ1) is 16.8. The zero-order valence-corrected chi connectivity index (χ0v) is 12.8. The molecule has 2 rings (SSSR count).